The zero-order chi connectivity index (χ0) is 34.7. The predicted octanol–water partition coefficient (Wildman–Crippen LogP) is 1.17. The third kappa shape index (κ3) is 6.95. The zero-order valence-electron chi connectivity index (χ0n) is 27.9. The Bertz CT molecular complexity index is 1450. The molecule has 3 fully saturated rings. The van der Waals surface area contributed by atoms with Crippen molar-refractivity contribution in [2.45, 2.75) is 55.7 Å². The van der Waals surface area contributed by atoms with E-state index in [9.17, 15) is 24.3 Å². The number of aliphatic hydroxyl groups excluding tert-OH is 1. The molecule has 1 aromatic carbocycles. The van der Waals surface area contributed by atoms with Crippen molar-refractivity contribution >= 4 is 39.6 Å². The number of methoxy groups -OCH3 is 1. The van der Waals surface area contributed by atoms with Crippen LogP contribution in [0.5, 0.6) is 0 Å². The molecule has 5 bridgehead atoms. The van der Waals surface area contributed by atoms with Crippen LogP contribution in [0.3, 0.4) is 0 Å². The van der Waals surface area contributed by atoms with Crippen LogP contribution in [0.25, 0.3) is 0 Å². The minimum atomic E-state index is -1.47. The van der Waals surface area contributed by atoms with Gasteiger partial charge in [0.05, 0.1) is 44.4 Å². The topological polar surface area (TPSA) is 147 Å². The smallest absolute Gasteiger partial charge is 0.313 e. The van der Waals surface area contributed by atoms with Gasteiger partial charge in [0, 0.05) is 50.7 Å². The van der Waals surface area contributed by atoms with E-state index in [0.717, 1.165) is 13.1 Å². The van der Waals surface area contributed by atoms with Gasteiger partial charge in [0.2, 0.25) is 17.7 Å². The summed E-state index contributed by atoms with van der Waals surface area (Å²) < 4.78 is 24.4. The lowest BCUT2D eigenvalue weighted by molar-refractivity contribution is -0.163. The molecular weight excluding hydrogens is 700 g/mol. The Morgan fingerprint density at radius 1 is 1.06 bits per heavy atom. The van der Waals surface area contributed by atoms with Crippen LogP contribution in [0.1, 0.15) is 31.4 Å². The Kier molecular flexibility index (Phi) is 11.2. The Balaban J connectivity index is 1.41. The van der Waals surface area contributed by atoms with E-state index >= 15 is 0 Å². The molecule has 266 valence electrons. The van der Waals surface area contributed by atoms with E-state index in [2.05, 4.69) is 26.1 Å². The maximum Gasteiger partial charge on any atom is 0.313 e. The number of aliphatic hydroxyl groups is 1. The number of carbonyl (C=O) groups excluding carboxylic acids is 4. The number of cyclic esters (lactones) is 1. The molecule has 0 unspecified atom stereocenters. The monoisotopic (exact) mass is 744 g/mol. The molecule has 1 spiro atoms. The standard InChI is InChI=1S/C35H45BrN4O9/c1-22(20-41)40-31-33(44)39(14-13-38-15-17-47-18-16-38)12-8-4-7-11-26(42)37-25(21-46-2)29(23-9-5-3-6-10-23)48-34(45)27-28(32(40)43)35(31)19-24(36)30(27)49-35/h3-6,8-10,19,22,25,27-31,41H,7,11-18,20-21H2,1-2H3,(H,37,42)/b8-4-/t22-,25+,27-,28+,29+,30-,31-,35+/m1/s1. The van der Waals surface area contributed by atoms with E-state index in [-0.39, 0.29) is 38.0 Å². The van der Waals surface area contributed by atoms with Gasteiger partial charge in [-0.1, -0.05) is 58.4 Å². The van der Waals surface area contributed by atoms with E-state index in [1.807, 2.05) is 30.4 Å². The minimum absolute atomic E-state index is 0.0609. The van der Waals surface area contributed by atoms with Crippen LogP contribution in [0.15, 0.2) is 53.0 Å². The van der Waals surface area contributed by atoms with Gasteiger partial charge in [-0.3, -0.25) is 24.1 Å². The van der Waals surface area contributed by atoms with Gasteiger partial charge in [0.15, 0.2) is 0 Å². The molecule has 3 saturated heterocycles. The van der Waals surface area contributed by atoms with Crippen LogP contribution in [0, 0.1) is 11.8 Å². The largest absolute Gasteiger partial charge is 0.455 e. The molecule has 6 rings (SSSR count). The van der Waals surface area contributed by atoms with Gasteiger partial charge in [0.25, 0.3) is 0 Å². The molecule has 8 atom stereocenters. The van der Waals surface area contributed by atoms with Crippen LogP contribution in [0.4, 0.5) is 0 Å². The minimum Gasteiger partial charge on any atom is -0.455 e. The lowest BCUT2D eigenvalue weighted by Gasteiger charge is -2.38. The van der Waals surface area contributed by atoms with E-state index in [4.69, 9.17) is 18.9 Å². The molecule has 5 heterocycles. The lowest BCUT2D eigenvalue weighted by Crippen LogP contribution is -2.58. The van der Waals surface area contributed by atoms with Crippen LogP contribution < -0.4 is 5.32 Å². The highest BCUT2D eigenvalue weighted by Gasteiger charge is 2.75. The summed E-state index contributed by atoms with van der Waals surface area (Å²) in [7, 11) is 1.51. The normalized spacial score (nSPS) is 34.0. The number of benzene rings is 1. The summed E-state index contributed by atoms with van der Waals surface area (Å²) in [5, 5.41) is 13.3. The molecule has 14 heteroatoms. The van der Waals surface area contributed by atoms with E-state index in [1.54, 1.807) is 30.0 Å². The van der Waals surface area contributed by atoms with Crippen LogP contribution >= 0.6 is 15.9 Å². The van der Waals surface area contributed by atoms with Crippen molar-refractivity contribution in [3.63, 3.8) is 0 Å². The number of nitrogens with one attached hydrogen (secondary N) is 1. The first-order valence-corrected chi connectivity index (χ1v) is 17.8. The molecule has 13 nitrogen and oxygen atoms in total. The fraction of sp³-hybridized carbons (Fsp3) is 0.600. The number of carbonyl (C=O) groups is 4. The first kappa shape index (κ1) is 35.7. The van der Waals surface area contributed by atoms with Crippen LogP contribution in [-0.4, -0.2) is 140 Å². The molecule has 0 aliphatic carbocycles. The fourth-order valence-electron chi connectivity index (χ4n) is 7.75. The summed E-state index contributed by atoms with van der Waals surface area (Å²) in [5.74, 6) is -3.91. The number of esters is 1. The SMILES string of the molecule is COC[C@@H]1NC(=O)CC/C=C\CN(CCN2CCOCC2)C(=O)[C@H]2N([C@H](C)CO)C(=O)[C@@H]3[C@@H](C(=O)O[C@H]1c1ccccc1)[C@@H]1O[C@@]32C=C1Br. The third-order valence-corrected chi connectivity index (χ3v) is 10.9. The number of hydrogen-bond acceptors (Lipinski definition) is 10. The number of ether oxygens (including phenoxy) is 4. The number of amides is 3. The Labute approximate surface area is 294 Å². The van der Waals surface area contributed by atoms with E-state index in [0.29, 0.717) is 42.8 Å². The van der Waals surface area contributed by atoms with Crippen molar-refractivity contribution in [3.8, 4) is 0 Å². The number of nitrogens with zero attached hydrogens (tertiary/aromatic N) is 3. The number of morpholine rings is 1. The summed E-state index contributed by atoms with van der Waals surface area (Å²) in [6.07, 6.45) is 4.26. The molecule has 0 saturated carbocycles. The quantitative estimate of drug-likeness (QED) is 0.294. The summed E-state index contributed by atoms with van der Waals surface area (Å²) in [6, 6.07) is 6.48. The summed E-state index contributed by atoms with van der Waals surface area (Å²) in [6.45, 7) is 5.27. The molecule has 0 radical (unpaired) electrons. The molecular formula is C35H45BrN4O9. The van der Waals surface area contributed by atoms with Crippen molar-refractivity contribution < 1.29 is 43.2 Å². The van der Waals surface area contributed by atoms with E-state index < -0.39 is 59.6 Å². The lowest BCUT2D eigenvalue weighted by atomic mass is 9.74. The molecule has 2 N–H and O–H groups in total. The average molecular weight is 746 g/mol. The van der Waals surface area contributed by atoms with Crippen molar-refractivity contribution in [1.82, 2.24) is 20.0 Å². The van der Waals surface area contributed by atoms with Gasteiger partial charge < -0.3 is 39.2 Å². The zero-order valence-corrected chi connectivity index (χ0v) is 29.5. The number of likely N-dealkylation sites (tertiary alicyclic amines) is 1. The third-order valence-electron chi connectivity index (χ3n) is 10.2. The van der Waals surface area contributed by atoms with Crippen LogP contribution in [-0.2, 0) is 38.1 Å². The Morgan fingerprint density at radius 3 is 2.53 bits per heavy atom. The van der Waals surface area contributed by atoms with Gasteiger partial charge in [-0.15, -0.1) is 0 Å². The molecule has 3 amide bonds. The summed E-state index contributed by atoms with van der Waals surface area (Å²) in [5.41, 5.74) is -0.830. The highest BCUT2D eigenvalue weighted by atomic mass is 79.9. The molecule has 0 aromatic heterocycles. The molecule has 5 aliphatic rings. The maximum absolute atomic E-state index is 14.8. The van der Waals surface area contributed by atoms with Gasteiger partial charge in [0.1, 0.15) is 29.8 Å². The Morgan fingerprint density at radius 2 is 1.82 bits per heavy atom. The first-order chi connectivity index (χ1) is 23.7. The van der Waals surface area contributed by atoms with Gasteiger partial charge in [-0.2, -0.15) is 0 Å². The van der Waals surface area contributed by atoms with Crippen molar-refractivity contribution in [3.05, 3.63) is 58.6 Å². The number of allylic oxidation sites excluding steroid dienone is 1. The van der Waals surface area contributed by atoms with Gasteiger partial charge in [-0.05, 0) is 25.0 Å². The number of hydrogen-bond donors (Lipinski definition) is 2. The second kappa shape index (κ2) is 15.4. The summed E-state index contributed by atoms with van der Waals surface area (Å²) in [4.78, 5) is 62.3. The predicted molar refractivity (Wildman–Crippen MR) is 180 cm³/mol. The average Bonchev–Trinajstić information content (AvgIpc) is 3.71. The molecule has 1 aromatic rings. The van der Waals surface area contributed by atoms with Crippen molar-refractivity contribution in [1.29, 1.82) is 0 Å². The molecule has 49 heavy (non-hydrogen) atoms. The molecule has 5 aliphatic heterocycles. The van der Waals surface area contributed by atoms with Gasteiger partial charge >= 0.3 is 5.97 Å². The fourth-order valence-corrected chi connectivity index (χ4v) is 8.48. The highest BCUT2D eigenvalue weighted by molar-refractivity contribution is 9.11. The van der Waals surface area contributed by atoms with Gasteiger partial charge in [-0.25, -0.2) is 0 Å². The summed E-state index contributed by atoms with van der Waals surface area (Å²) >= 11 is 3.59. The van der Waals surface area contributed by atoms with Crippen molar-refractivity contribution in [2.75, 3.05) is 66.3 Å². The van der Waals surface area contributed by atoms with Crippen LogP contribution in [0.2, 0.25) is 0 Å². The number of fused-ring (bicyclic) bond motifs is 2. The highest BCUT2D eigenvalue weighted by Crippen LogP contribution is 2.59. The Hall–Kier alpha value is -3.14. The second-order valence-electron chi connectivity index (χ2n) is 13.3. The maximum atomic E-state index is 14.8. The number of halogens is 1. The van der Waals surface area contributed by atoms with Crippen molar-refractivity contribution in [2.24, 2.45) is 11.8 Å². The van der Waals surface area contributed by atoms with E-state index in [1.165, 1.54) is 12.0 Å². The number of rotatable bonds is 8. The second-order valence-corrected chi connectivity index (χ2v) is 14.2. The first-order valence-electron chi connectivity index (χ1n) is 17.0.